The Morgan fingerprint density at radius 1 is 1.38 bits per heavy atom. The quantitative estimate of drug-likeness (QED) is 0.808. The van der Waals surface area contributed by atoms with Crippen LogP contribution in [0.2, 0.25) is 0 Å². The lowest BCUT2D eigenvalue weighted by atomic mass is 10.0. The van der Waals surface area contributed by atoms with Gasteiger partial charge in [-0.1, -0.05) is 31.5 Å². The SMILES string of the molecule is CCCN(Cc1ccccc1C(N)=O)CC1CCCCN1. The van der Waals surface area contributed by atoms with Crippen molar-refractivity contribution in [3.63, 3.8) is 0 Å². The molecule has 4 heteroatoms. The number of piperidine rings is 1. The van der Waals surface area contributed by atoms with E-state index in [1.807, 2.05) is 24.3 Å². The lowest BCUT2D eigenvalue weighted by Crippen LogP contribution is -2.43. The van der Waals surface area contributed by atoms with Crippen molar-refractivity contribution in [2.45, 2.75) is 45.2 Å². The molecule has 0 radical (unpaired) electrons. The van der Waals surface area contributed by atoms with Crippen LogP contribution in [-0.2, 0) is 6.54 Å². The second-order valence-electron chi connectivity index (χ2n) is 5.90. The van der Waals surface area contributed by atoms with E-state index in [1.165, 1.54) is 19.3 Å². The van der Waals surface area contributed by atoms with Crippen molar-refractivity contribution in [1.29, 1.82) is 0 Å². The van der Waals surface area contributed by atoms with Crippen molar-refractivity contribution in [2.24, 2.45) is 5.73 Å². The fourth-order valence-corrected chi connectivity index (χ4v) is 3.08. The molecule has 2 rings (SSSR count). The van der Waals surface area contributed by atoms with Gasteiger partial charge in [-0.2, -0.15) is 0 Å². The summed E-state index contributed by atoms with van der Waals surface area (Å²) in [6.45, 7) is 6.21. The molecule has 116 valence electrons. The molecule has 1 aromatic rings. The third-order valence-electron chi connectivity index (χ3n) is 4.11. The molecule has 1 amide bonds. The van der Waals surface area contributed by atoms with Gasteiger partial charge in [-0.25, -0.2) is 0 Å². The molecule has 0 saturated carbocycles. The van der Waals surface area contributed by atoms with Crippen LogP contribution in [0, 0.1) is 0 Å². The topological polar surface area (TPSA) is 58.4 Å². The zero-order valence-corrected chi connectivity index (χ0v) is 13.0. The molecule has 1 fully saturated rings. The number of nitrogens with zero attached hydrogens (tertiary/aromatic N) is 1. The molecule has 1 aliphatic heterocycles. The van der Waals surface area contributed by atoms with Crippen molar-refractivity contribution < 1.29 is 4.79 Å². The average Bonchev–Trinajstić information content (AvgIpc) is 2.49. The Balaban J connectivity index is 2.03. The highest BCUT2D eigenvalue weighted by molar-refractivity contribution is 5.94. The van der Waals surface area contributed by atoms with Gasteiger partial charge in [-0.15, -0.1) is 0 Å². The fourth-order valence-electron chi connectivity index (χ4n) is 3.08. The van der Waals surface area contributed by atoms with Crippen LogP contribution < -0.4 is 11.1 Å². The lowest BCUT2D eigenvalue weighted by Gasteiger charge is -2.30. The summed E-state index contributed by atoms with van der Waals surface area (Å²) in [4.78, 5) is 14.0. The summed E-state index contributed by atoms with van der Waals surface area (Å²) in [5.41, 5.74) is 7.16. The number of hydrogen-bond donors (Lipinski definition) is 2. The highest BCUT2D eigenvalue weighted by Crippen LogP contribution is 2.14. The average molecular weight is 289 g/mol. The molecule has 0 spiro atoms. The van der Waals surface area contributed by atoms with E-state index in [1.54, 1.807) is 0 Å². The summed E-state index contributed by atoms with van der Waals surface area (Å²) in [6.07, 6.45) is 4.97. The van der Waals surface area contributed by atoms with Gasteiger partial charge in [-0.3, -0.25) is 9.69 Å². The Bertz CT molecular complexity index is 455. The van der Waals surface area contributed by atoms with Crippen LogP contribution in [0.5, 0.6) is 0 Å². The van der Waals surface area contributed by atoms with Crippen LogP contribution >= 0.6 is 0 Å². The van der Waals surface area contributed by atoms with Crippen LogP contribution in [-0.4, -0.2) is 36.5 Å². The van der Waals surface area contributed by atoms with Crippen molar-refractivity contribution in [1.82, 2.24) is 10.2 Å². The Labute approximate surface area is 127 Å². The number of rotatable bonds is 7. The van der Waals surface area contributed by atoms with Gasteiger partial charge in [-0.05, 0) is 44.0 Å². The van der Waals surface area contributed by atoms with Gasteiger partial charge in [0, 0.05) is 24.7 Å². The van der Waals surface area contributed by atoms with Crippen molar-refractivity contribution in [2.75, 3.05) is 19.6 Å². The molecular formula is C17H27N3O. The maximum Gasteiger partial charge on any atom is 0.249 e. The zero-order valence-electron chi connectivity index (χ0n) is 13.0. The van der Waals surface area contributed by atoms with Crippen LogP contribution in [0.25, 0.3) is 0 Å². The molecule has 0 bridgehead atoms. The molecule has 1 atom stereocenters. The Hall–Kier alpha value is -1.39. The second-order valence-corrected chi connectivity index (χ2v) is 5.90. The molecular weight excluding hydrogens is 262 g/mol. The van der Waals surface area contributed by atoms with Gasteiger partial charge in [0.25, 0.3) is 0 Å². The van der Waals surface area contributed by atoms with E-state index in [4.69, 9.17) is 5.73 Å². The van der Waals surface area contributed by atoms with Crippen LogP contribution in [0.4, 0.5) is 0 Å². The van der Waals surface area contributed by atoms with Gasteiger partial charge < -0.3 is 11.1 Å². The Morgan fingerprint density at radius 3 is 2.86 bits per heavy atom. The van der Waals surface area contributed by atoms with Gasteiger partial charge in [0.2, 0.25) is 5.91 Å². The maximum atomic E-state index is 11.5. The number of primary amides is 1. The molecule has 1 aliphatic rings. The highest BCUT2D eigenvalue weighted by Gasteiger charge is 2.18. The molecule has 1 aromatic carbocycles. The van der Waals surface area contributed by atoms with Gasteiger partial charge in [0.1, 0.15) is 0 Å². The highest BCUT2D eigenvalue weighted by atomic mass is 16.1. The van der Waals surface area contributed by atoms with Gasteiger partial charge in [0.05, 0.1) is 0 Å². The predicted octanol–water partition coefficient (Wildman–Crippen LogP) is 2.14. The van der Waals surface area contributed by atoms with E-state index < -0.39 is 0 Å². The number of carbonyl (C=O) groups excluding carboxylic acids is 1. The number of nitrogens with one attached hydrogen (secondary N) is 1. The minimum Gasteiger partial charge on any atom is -0.366 e. The van der Waals surface area contributed by atoms with Crippen molar-refractivity contribution in [3.8, 4) is 0 Å². The molecule has 3 N–H and O–H groups in total. The normalized spacial score (nSPS) is 18.9. The zero-order chi connectivity index (χ0) is 15.1. The molecule has 21 heavy (non-hydrogen) atoms. The number of nitrogens with two attached hydrogens (primary N) is 1. The molecule has 1 saturated heterocycles. The summed E-state index contributed by atoms with van der Waals surface area (Å²) < 4.78 is 0. The first-order chi connectivity index (χ1) is 10.2. The van der Waals surface area contributed by atoms with Crippen molar-refractivity contribution in [3.05, 3.63) is 35.4 Å². The van der Waals surface area contributed by atoms with Crippen LogP contribution in [0.15, 0.2) is 24.3 Å². The van der Waals surface area contributed by atoms with Crippen LogP contribution in [0.1, 0.15) is 48.5 Å². The largest absolute Gasteiger partial charge is 0.366 e. The summed E-state index contributed by atoms with van der Waals surface area (Å²) in [7, 11) is 0. The molecule has 4 nitrogen and oxygen atoms in total. The van der Waals surface area contributed by atoms with E-state index in [0.29, 0.717) is 11.6 Å². The Morgan fingerprint density at radius 2 is 2.19 bits per heavy atom. The second kappa shape index (κ2) is 8.15. The predicted molar refractivity (Wildman–Crippen MR) is 86.2 cm³/mol. The third-order valence-corrected chi connectivity index (χ3v) is 4.11. The number of benzene rings is 1. The van der Waals surface area contributed by atoms with Gasteiger partial charge >= 0.3 is 0 Å². The van der Waals surface area contributed by atoms with E-state index in [2.05, 4.69) is 17.1 Å². The maximum absolute atomic E-state index is 11.5. The monoisotopic (exact) mass is 289 g/mol. The summed E-state index contributed by atoms with van der Waals surface area (Å²) in [5, 5.41) is 3.60. The number of hydrogen-bond acceptors (Lipinski definition) is 3. The Kier molecular flexibility index (Phi) is 6.21. The molecule has 0 aromatic heterocycles. The van der Waals surface area contributed by atoms with E-state index in [9.17, 15) is 4.79 Å². The summed E-state index contributed by atoms with van der Waals surface area (Å²) in [6, 6.07) is 8.25. The molecule has 0 aliphatic carbocycles. The van der Waals surface area contributed by atoms with Crippen molar-refractivity contribution >= 4 is 5.91 Å². The standard InChI is InChI=1S/C17H27N3O/c1-2-11-20(13-15-8-5-6-10-19-15)12-14-7-3-4-9-16(14)17(18)21/h3-4,7,9,15,19H,2,5-6,8,10-13H2,1H3,(H2,18,21). The third kappa shape index (κ3) is 4.83. The first kappa shape index (κ1) is 16.0. The first-order valence-corrected chi connectivity index (χ1v) is 8.04. The van der Waals surface area contributed by atoms with E-state index in [0.717, 1.165) is 38.2 Å². The van der Waals surface area contributed by atoms with Gasteiger partial charge in [0.15, 0.2) is 0 Å². The number of carbonyl (C=O) groups is 1. The summed E-state index contributed by atoms with van der Waals surface area (Å²) >= 11 is 0. The number of amides is 1. The molecule has 1 unspecified atom stereocenters. The fraction of sp³-hybridized carbons (Fsp3) is 0.588. The summed E-state index contributed by atoms with van der Waals surface area (Å²) in [5.74, 6) is -0.335. The minimum atomic E-state index is -0.335. The minimum absolute atomic E-state index is 0.335. The van der Waals surface area contributed by atoms with E-state index in [-0.39, 0.29) is 5.91 Å². The van der Waals surface area contributed by atoms with Crippen LogP contribution in [0.3, 0.4) is 0 Å². The first-order valence-electron chi connectivity index (χ1n) is 8.04. The van der Waals surface area contributed by atoms with E-state index >= 15 is 0 Å². The smallest absolute Gasteiger partial charge is 0.249 e. The lowest BCUT2D eigenvalue weighted by molar-refractivity contribution is 0.0998. The molecule has 1 heterocycles.